The van der Waals surface area contributed by atoms with Gasteiger partial charge in [-0.1, -0.05) is 11.6 Å². The van der Waals surface area contributed by atoms with Crippen LogP contribution in [0.3, 0.4) is 0 Å². The van der Waals surface area contributed by atoms with E-state index < -0.39 is 0 Å². The predicted molar refractivity (Wildman–Crippen MR) is 103 cm³/mol. The Hall–Kier alpha value is -2.32. The molecule has 2 heterocycles. The van der Waals surface area contributed by atoms with Crippen molar-refractivity contribution in [3.05, 3.63) is 55.5 Å². The maximum atomic E-state index is 12.5. The van der Waals surface area contributed by atoms with E-state index in [2.05, 4.69) is 31.3 Å². The zero-order chi connectivity index (χ0) is 18.8. The monoisotopic (exact) mass is 438 g/mol. The number of carbonyl (C=O) groups is 1. The summed E-state index contributed by atoms with van der Waals surface area (Å²) in [7, 11) is 0. The Bertz CT molecular complexity index is 1040. The number of nitrogens with one attached hydrogen (secondary N) is 2. The molecule has 1 amide bonds. The first kappa shape index (κ1) is 18.5. The second-order valence-electron chi connectivity index (χ2n) is 5.56. The van der Waals surface area contributed by atoms with Crippen molar-refractivity contribution in [3.8, 4) is 5.75 Å². The summed E-state index contributed by atoms with van der Waals surface area (Å²) in [5, 5.41) is 5.99. The second kappa shape index (κ2) is 7.51. The van der Waals surface area contributed by atoms with E-state index in [4.69, 9.17) is 16.3 Å². The van der Waals surface area contributed by atoms with Gasteiger partial charge in [0, 0.05) is 28.5 Å². The fourth-order valence-electron chi connectivity index (χ4n) is 2.61. The van der Waals surface area contributed by atoms with Crippen LogP contribution in [0.5, 0.6) is 5.75 Å². The van der Waals surface area contributed by atoms with E-state index in [-0.39, 0.29) is 17.9 Å². The Kier molecular flexibility index (Phi) is 5.33. The number of hydrogen-bond acceptors (Lipinski definition) is 4. The van der Waals surface area contributed by atoms with E-state index in [9.17, 15) is 9.59 Å². The van der Waals surface area contributed by atoms with Crippen molar-refractivity contribution in [3.63, 3.8) is 0 Å². The second-order valence-corrected chi connectivity index (χ2v) is 6.85. The number of H-pyrrole nitrogens is 1. The summed E-state index contributed by atoms with van der Waals surface area (Å²) >= 11 is 9.44. The molecule has 136 valence electrons. The van der Waals surface area contributed by atoms with Crippen LogP contribution in [0.2, 0.25) is 5.02 Å². The number of fused-ring (bicyclic) bond motifs is 1. The molecule has 0 spiro atoms. The summed E-state index contributed by atoms with van der Waals surface area (Å²) < 4.78 is 7.50. The van der Waals surface area contributed by atoms with Gasteiger partial charge in [-0.25, -0.2) is 9.50 Å². The molecular formula is C17H16BrClN4O3. The highest BCUT2D eigenvalue weighted by molar-refractivity contribution is 9.10. The van der Waals surface area contributed by atoms with Crippen LogP contribution in [0.1, 0.15) is 18.2 Å². The van der Waals surface area contributed by atoms with E-state index in [0.717, 1.165) is 0 Å². The van der Waals surface area contributed by atoms with Crippen molar-refractivity contribution >= 4 is 44.8 Å². The normalized spacial score (nSPS) is 10.9. The first-order chi connectivity index (χ1) is 12.4. The Morgan fingerprint density at radius 1 is 1.46 bits per heavy atom. The molecule has 0 radical (unpaired) electrons. The molecule has 0 atom stereocenters. The maximum Gasteiger partial charge on any atom is 0.276 e. The molecule has 3 rings (SSSR count). The van der Waals surface area contributed by atoms with Crippen LogP contribution in [0.15, 0.2) is 33.7 Å². The minimum atomic E-state index is -0.367. The summed E-state index contributed by atoms with van der Waals surface area (Å²) in [5.74, 6) is 0.116. The fraction of sp³-hybridized carbons (Fsp3) is 0.235. The molecule has 9 heteroatoms. The van der Waals surface area contributed by atoms with Crippen molar-refractivity contribution < 1.29 is 9.53 Å². The van der Waals surface area contributed by atoms with Crippen LogP contribution in [0, 0.1) is 6.92 Å². The first-order valence-electron chi connectivity index (χ1n) is 7.88. The number of aromatic amines is 1. The minimum absolute atomic E-state index is 0.116. The number of anilines is 1. The van der Waals surface area contributed by atoms with Crippen LogP contribution in [-0.2, 0) is 11.2 Å². The summed E-state index contributed by atoms with van der Waals surface area (Å²) in [6, 6.07) is 4.97. The van der Waals surface area contributed by atoms with E-state index in [1.54, 1.807) is 31.3 Å². The maximum absolute atomic E-state index is 12.5. The number of nitrogens with zero attached hydrogens (tertiary/aromatic N) is 2. The molecule has 0 aliphatic heterocycles. The number of benzene rings is 1. The molecule has 2 N–H and O–H groups in total. The van der Waals surface area contributed by atoms with E-state index >= 15 is 0 Å². The average molecular weight is 440 g/mol. The average Bonchev–Trinajstić information content (AvgIpc) is 3.03. The minimum Gasteiger partial charge on any atom is -0.491 e. The van der Waals surface area contributed by atoms with Gasteiger partial charge in [0.2, 0.25) is 5.91 Å². The van der Waals surface area contributed by atoms with Gasteiger partial charge in [-0.3, -0.25) is 14.7 Å². The number of hydrogen-bond donors (Lipinski definition) is 2. The van der Waals surface area contributed by atoms with Crippen LogP contribution < -0.4 is 15.6 Å². The van der Waals surface area contributed by atoms with Gasteiger partial charge >= 0.3 is 0 Å². The first-order valence-corrected chi connectivity index (χ1v) is 9.05. The molecule has 7 nitrogen and oxygen atoms in total. The summed E-state index contributed by atoms with van der Waals surface area (Å²) in [4.78, 5) is 29.4. The SMILES string of the molecule is CCOc1c(Br)cc(Cl)cc1NC(=O)Cc1c(C)nc2cc[nH]n2c1=O. The Balaban J connectivity index is 1.90. The highest BCUT2D eigenvalue weighted by atomic mass is 79.9. The number of aromatic nitrogens is 3. The highest BCUT2D eigenvalue weighted by Gasteiger charge is 2.17. The third-order valence-corrected chi connectivity index (χ3v) is 4.56. The molecule has 26 heavy (non-hydrogen) atoms. The number of aryl methyl sites for hydroxylation is 1. The lowest BCUT2D eigenvalue weighted by atomic mass is 10.1. The van der Waals surface area contributed by atoms with Gasteiger partial charge in [0.05, 0.1) is 23.2 Å². The molecule has 2 aromatic heterocycles. The number of carbonyl (C=O) groups excluding carboxylic acids is 1. The zero-order valence-electron chi connectivity index (χ0n) is 14.1. The number of amides is 1. The van der Waals surface area contributed by atoms with Crippen molar-refractivity contribution in [1.29, 1.82) is 0 Å². The van der Waals surface area contributed by atoms with Crippen LogP contribution >= 0.6 is 27.5 Å². The molecule has 3 aromatic rings. The molecule has 1 aromatic carbocycles. The number of ether oxygens (including phenoxy) is 1. The molecule has 0 aliphatic carbocycles. The number of rotatable bonds is 5. The summed E-state index contributed by atoms with van der Waals surface area (Å²) in [6.45, 7) is 3.98. The quantitative estimate of drug-likeness (QED) is 0.638. The van der Waals surface area contributed by atoms with Gasteiger partial charge < -0.3 is 10.1 Å². The molecule has 0 saturated carbocycles. The summed E-state index contributed by atoms with van der Waals surface area (Å²) in [5.41, 5.74) is 1.48. The lowest BCUT2D eigenvalue weighted by Crippen LogP contribution is -2.26. The van der Waals surface area contributed by atoms with Gasteiger partial charge in [-0.2, -0.15) is 0 Å². The lowest BCUT2D eigenvalue weighted by molar-refractivity contribution is -0.115. The Labute approximate surface area is 162 Å². The number of halogens is 2. The molecule has 0 unspecified atom stereocenters. The predicted octanol–water partition coefficient (Wildman–Crippen LogP) is 3.33. The van der Waals surface area contributed by atoms with Gasteiger partial charge in [0.1, 0.15) is 0 Å². The van der Waals surface area contributed by atoms with Crippen molar-refractivity contribution in [2.75, 3.05) is 11.9 Å². The topological polar surface area (TPSA) is 88.5 Å². The third kappa shape index (κ3) is 3.61. The van der Waals surface area contributed by atoms with E-state index in [0.29, 0.717) is 44.4 Å². The van der Waals surface area contributed by atoms with Gasteiger partial charge in [-0.15, -0.1) is 0 Å². The molecule has 0 saturated heterocycles. The van der Waals surface area contributed by atoms with Crippen LogP contribution in [0.4, 0.5) is 5.69 Å². The van der Waals surface area contributed by atoms with Crippen LogP contribution in [-0.4, -0.2) is 27.1 Å². The van der Waals surface area contributed by atoms with Gasteiger partial charge in [-0.05, 0) is 41.9 Å². The van der Waals surface area contributed by atoms with Gasteiger partial charge in [0.25, 0.3) is 5.56 Å². The smallest absolute Gasteiger partial charge is 0.276 e. The molecule has 0 fully saturated rings. The van der Waals surface area contributed by atoms with Crippen molar-refractivity contribution in [2.24, 2.45) is 0 Å². The lowest BCUT2D eigenvalue weighted by Gasteiger charge is -2.14. The summed E-state index contributed by atoms with van der Waals surface area (Å²) in [6.07, 6.45) is 1.50. The third-order valence-electron chi connectivity index (χ3n) is 3.75. The Morgan fingerprint density at radius 3 is 2.96 bits per heavy atom. The Morgan fingerprint density at radius 2 is 2.23 bits per heavy atom. The standard InChI is InChI=1S/C17H16BrClN4O3/c1-3-26-16-12(18)6-10(19)7-13(16)22-15(24)8-11-9(2)21-14-4-5-20-23(14)17(11)25/h4-7,20H,3,8H2,1-2H3,(H,22,24). The van der Waals surface area contributed by atoms with Gasteiger partial charge in [0.15, 0.2) is 11.4 Å². The molecule has 0 bridgehead atoms. The fourth-order valence-corrected chi connectivity index (χ4v) is 3.53. The van der Waals surface area contributed by atoms with E-state index in [1.165, 1.54) is 4.52 Å². The van der Waals surface area contributed by atoms with Crippen molar-refractivity contribution in [1.82, 2.24) is 14.6 Å². The molecular weight excluding hydrogens is 424 g/mol. The van der Waals surface area contributed by atoms with Crippen LogP contribution in [0.25, 0.3) is 5.65 Å². The molecule has 0 aliphatic rings. The van der Waals surface area contributed by atoms with Crippen molar-refractivity contribution in [2.45, 2.75) is 20.3 Å². The highest BCUT2D eigenvalue weighted by Crippen LogP contribution is 2.36. The largest absolute Gasteiger partial charge is 0.491 e. The van der Waals surface area contributed by atoms with E-state index in [1.807, 2.05) is 6.92 Å². The zero-order valence-corrected chi connectivity index (χ0v) is 16.4.